The molecule has 0 unspecified atom stereocenters. The van der Waals surface area contributed by atoms with E-state index < -0.39 is 5.91 Å². The van der Waals surface area contributed by atoms with Crippen LogP contribution < -0.4 is 11.1 Å². The molecule has 0 spiro atoms. The highest BCUT2D eigenvalue weighted by Gasteiger charge is 2.15. The van der Waals surface area contributed by atoms with E-state index >= 15 is 0 Å². The number of nitrogens with zero attached hydrogens (tertiary/aromatic N) is 3. The van der Waals surface area contributed by atoms with Crippen LogP contribution in [0.3, 0.4) is 0 Å². The van der Waals surface area contributed by atoms with Gasteiger partial charge < -0.3 is 20.9 Å². The Bertz CT molecular complexity index is 611. The van der Waals surface area contributed by atoms with Crippen LogP contribution in [0.4, 0.5) is 0 Å². The van der Waals surface area contributed by atoms with Gasteiger partial charge in [-0.05, 0) is 38.5 Å². The minimum absolute atomic E-state index is 0.0637. The quantitative estimate of drug-likeness (QED) is 0.543. The molecule has 138 valence electrons. The number of hydrogen-bond acceptors (Lipinski definition) is 3. The molecule has 0 heterocycles. The third-order valence-electron chi connectivity index (χ3n) is 3.81. The fourth-order valence-corrected chi connectivity index (χ4v) is 2.41. The molecule has 1 aromatic carbocycles. The molecule has 0 aliphatic heterocycles. The van der Waals surface area contributed by atoms with Crippen molar-refractivity contribution in [2.75, 3.05) is 33.2 Å². The Labute approximate surface area is 149 Å². The number of carbonyl (C=O) groups is 2. The van der Waals surface area contributed by atoms with Crippen LogP contribution in [0.5, 0.6) is 0 Å². The number of guanidine groups is 1. The Morgan fingerprint density at radius 3 is 2.44 bits per heavy atom. The molecule has 2 amide bonds. The van der Waals surface area contributed by atoms with Gasteiger partial charge in [-0.15, -0.1) is 0 Å². The number of amides is 2. The lowest BCUT2D eigenvalue weighted by Gasteiger charge is -2.25. The Balaban J connectivity index is 2.83. The van der Waals surface area contributed by atoms with Crippen molar-refractivity contribution in [3.63, 3.8) is 0 Å². The van der Waals surface area contributed by atoms with Gasteiger partial charge in [0.2, 0.25) is 11.8 Å². The molecule has 0 fully saturated rings. The Morgan fingerprint density at radius 2 is 1.88 bits per heavy atom. The SMILES string of the molecule is CCNC(=NCc1cccc(C(N)=O)c1)N(C)CC(=O)N(CC)CC. The van der Waals surface area contributed by atoms with Crippen LogP contribution in [0.2, 0.25) is 0 Å². The van der Waals surface area contributed by atoms with Crippen LogP contribution in [0.25, 0.3) is 0 Å². The van der Waals surface area contributed by atoms with E-state index in [0.29, 0.717) is 37.7 Å². The van der Waals surface area contributed by atoms with E-state index in [1.807, 2.05) is 38.8 Å². The Hall–Kier alpha value is -2.57. The molecular formula is C18H29N5O2. The van der Waals surface area contributed by atoms with Crippen LogP contribution in [-0.4, -0.2) is 60.8 Å². The van der Waals surface area contributed by atoms with Gasteiger partial charge in [0.15, 0.2) is 5.96 Å². The zero-order chi connectivity index (χ0) is 18.8. The number of likely N-dealkylation sites (N-methyl/N-ethyl adjacent to an activating group) is 2. The smallest absolute Gasteiger partial charge is 0.248 e. The zero-order valence-electron chi connectivity index (χ0n) is 15.6. The van der Waals surface area contributed by atoms with Crippen LogP contribution in [0, 0.1) is 0 Å². The topological polar surface area (TPSA) is 91.0 Å². The number of nitrogens with one attached hydrogen (secondary N) is 1. The van der Waals surface area contributed by atoms with Gasteiger partial charge in [0.25, 0.3) is 0 Å². The molecule has 0 radical (unpaired) electrons. The van der Waals surface area contributed by atoms with Crippen molar-refractivity contribution >= 4 is 17.8 Å². The zero-order valence-corrected chi connectivity index (χ0v) is 15.6. The summed E-state index contributed by atoms with van der Waals surface area (Å²) in [6.07, 6.45) is 0. The van der Waals surface area contributed by atoms with E-state index in [2.05, 4.69) is 10.3 Å². The highest BCUT2D eigenvalue weighted by molar-refractivity contribution is 5.93. The molecule has 1 aromatic rings. The number of rotatable bonds is 8. The van der Waals surface area contributed by atoms with Gasteiger partial charge in [-0.2, -0.15) is 0 Å². The van der Waals surface area contributed by atoms with Crippen molar-refractivity contribution in [3.8, 4) is 0 Å². The summed E-state index contributed by atoms with van der Waals surface area (Å²) in [5, 5.41) is 3.18. The average molecular weight is 347 g/mol. The molecule has 1 rings (SSSR count). The van der Waals surface area contributed by atoms with Crippen molar-refractivity contribution in [3.05, 3.63) is 35.4 Å². The van der Waals surface area contributed by atoms with Crippen molar-refractivity contribution < 1.29 is 9.59 Å². The summed E-state index contributed by atoms with van der Waals surface area (Å²) in [6.45, 7) is 8.64. The van der Waals surface area contributed by atoms with Crippen LogP contribution in [0.15, 0.2) is 29.3 Å². The number of carbonyl (C=O) groups excluding carboxylic acids is 2. The van der Waals surface area contributed by atoms with Crippen molar-refractivity contribution in [1.82, 2.24) is 15.1 Å². The third kappa shape index (κ3) is 6.45. The molecule has 0 atom stereocenters. The summed E-state index contributed by atoms with van der Waals surface area (Å²) < 4.78 is 0. The molecule has 7 heteroatoms. The molecule has 0 aromatic heterocycles. The highest BCUT2D eigenvalue weighted by Crippen LogP contribution is 2.06. The van der Waals surface area contributed by atoms with Gasteiger partial charge in [-0.25, -0.2) is 4.99 Å². The van der Waals surface area contributed by atoms with Gasteiger partial charge in [0, 0.05) is 32.2 Å². The minimum atomic E-state index is -0.459. The fraction of sp³-hybridized carbons (Fsp3) is 0.500. The van der Waals surface area contributed by atoms with E-state index in [4.69, 9.17) is 5.73 Å². The minimum Gasteiger partial charge on any atom is -0.366 e. The van der Waals surface area contributed by atoms with Crippen molar-refractivity contribution in [2.45, 2.75) is 27.3 Å². The summed E-state index contributed by atoms with van der Waals surface area (Å²) in [4.78, 5) is 31.7. The number of hydrogen-bond donors (Lipinski definition) is 2. The maximum Gasteiger partial charge on any atom is 0.248 e. The van der Waals surface area contributed by atoms with Crippen LogP contribution in [0.1, 0.15) is 36.7 Å². The number of benzene rings is 1. The van der Waals surface area contributed by atoms with Gasteiger partial charge >= 0.3 is 0 Å². The molecule has 3 N–H and O–H groups in total. The van der Waals surface area contributed by atoms with E-state index in [1.165, 1.54) is 0 Å². The molecule has 0 saturated heterocycles. The predicted octanol–water partition coefficient (Wildman–Crippen LogP) is 1.05. The molecule has 25 heavy (non-hydrogen) atoms. The normalized spacial score (nSPS) is 11.1. The standard InChI is InChI=1S/C18H29N5O2/c1-5-20-18(22(4)13-16(24)23(6-2)7-3)21-12-14-9-8-10-15(11-14)17(19)25/h8-11H,5-7,12-13H2,1-4H3,(H2,19,25)(H,20,21). The maximum absolute atomic E-state index is 12.3. The summed E-state index contributed by atoms with van der Waals surface area (Å²) in [5.74, 6) is 0.251. The van der Waals surface area contributed by atoms with Crippen molar-refractivity contribution in [1.29, 1.82) is 0 Å². The largest absolute Gasteiger partial charge is 0.366 e. The van der Waals surface area contributed by atoms with Gasteiger partial charge in [0.1, 0.15) is 0 Å². The first kappa shape index (κ1) is 20.5. The molecule has 0 bridgehead atoms. The predicted molar refractivity (Wildman–Crippen MR) is 100 cm³/mol. The molecule has 0 aliphatic carbocycles. The number of nitrogens with two attached hydrogens (primary N) is 1. The second-order valence-electron chi connectivity index (χ2n) is 5.66. The maximum atomic E-state index is 12.3. The first-order valence-corrected chi connectivity index (χ1v) is 8.58. The van der Waals surface area contributed by atoms with Gasteiger partial charge in [-0.3, -0.25) is 9.59 Å². The second kappa shape index (κ2) is 10.3. The lowest BCUT2D eigenvalue weighted by molar-refractivity contribution is -0.131. The summed E-state index contributed by atoms with van der Waals surface area (Å²) in [6, 6.07) is 7.08. The van der Waals surface area contributed by atoms with E-state index in [0.717, 1.165) is 5.56 Å². The molecule has 0 aliphatic rings. The number of primary amides is 1. The monoisotopic (exact) mass is 347 g/mol. The molecule has 0 saturated carbocycles. The highest BCUT2D eigenvalue weighted by atomic mass is 16.2. The number of aliphatic imine (C=N–C) groups is 1. The third-order valence-corrected chi connectivity index (χ3v) is 3.81. The van der Waals surface area contributed by atoms with E-state index in [9.17, 15) is 9.59 Å². The van der Waals surface area contributed by atoms with E-state index in [-0.39, 0.29) is 12.5 Å². The molecular weight excluding hydrogens is 318 g/mol. The second-order valence-corrected chi connectivity index (χ2v) is 5.66. The Kier molecular flexibility index (Phi) is 8.46. The summed E-state index contributed by atoms with van der Waals surface area (Å²) in [7, 11) is 1.84. The van der Waals surface area contributed by atoms with Crippen LogP contribution >= 0.6 is 0 Å². The Morgan fingerprint density at radius 1 is 1.20 bits per heavy atom. The fourth-order valence-electron chi connectivity index (χ4n) is 2.41. The summed E-state index contributed by atoms with van der Waals surface area (Å²) in [5.41, 5.74) is 6.65. The molecule has 7 nitrogen and oxygen atoms in total. The van der Waals surface area contributed by atoms with Crippen LogP contribution in [-0.2, 0) is 11.3 Å². The lowest BCUT2D eigenvalue weighted by Crippen LogP contribution is -2.45. The first-order valence-electron chi connectivity index (χ1n) is 8.58. The van der Waals surface area contributed by atoms with Gasteiger partial charge in [-0.1, -0.05) is 12.1 Å². The first-order chi connectivity index (χ1) is 11.9. The van der Waals surface area contributed by atoms with Gasteiger partial charge in [0.05, 0.1) is 13.1 Å². The summed E-state index contributed by atoms with van der Waals surface area (Å²) >= 11 is 0. The van der Waals surface area contributed by atoms with E-state index in [1.54, 1.807) is 23.1 Å². The lowest BCUT2D eigenvalue weighted by atomic mass is 10.1. The van der Waals surface area contributed by atoms with Crippen molar-refractivity contribution in [2.24, 2.45) is 10.7 Å². The average Bonchev–Trinajstić information content (AvgIpc) is 2.59.